The number of carbonyl (C=O) groups excluding carboxylic acids is 1. The highest BCUT2D eigenvalue weighted by molar-refractivity contribution is 5.96. The predicted octanol–water partition coefficient (Wildman–Crippen LogP) is 1.33. The van der Waals surface area contributed by atoms with E-state index in [0.29, 0.717) is 18.7 Å². The summed E-state index contributed by atoms with van der Waals surface area (Å²) < 4.78 is 1.73. The highest BCUT2D eigenvalue weighted by Gasteiger charge is 2.10. The van der Waals surface area contributed by atoms with Crippen LogP contribution in [0.1, 0.15) is 15.9 Å². The third-order valence-corrected chi connectivity index (χ3v) is 2.58. The molecule has 94 valence electrons. The van der Waals surface area contributed by atoms with Crippen molar-refractivity contribution in [2.24, 2.45) is 0 Å². The molecule has 0 atom stereocenters. The Morgan fingerprint density at radius 2 is 2.33 bits per heavy atom. The second-order valence-electron chi connectivity index (χ2n) is 4.05. The average Bonchev–Trinajstić information content (AvgIpc) is 2.81. The smallest absolute Gasteiger partial charge is 0.255 e. The van der Waals surface area contributed by atoms with E-state index >= 15 is 0 Å². The van der Waals surface area contributed by atoms with Crippen LogP contribution in [-0.2, 0) is 6.54 Å². The minimum Gasteiger partial charge on any atom is -0.507 e. The number of benzene rings is 1. The predicted molar refractivity (Wildman–Crippen MR) is 67.4 cm³/mol. The van der Waals surface area contributed by atoms with Crippen LogP contribution in [0.25, 0.3) is 0 Å². The van der Waals surface area contributed by atoms with Gasteiger partial charge >= 0.3 is 0 Å². The highest BCUT2D eigenvalue weighted by atomic mass is 16.3. The van der Waals surface area contributed by atoms with Crippen molar-refractivity contribution in [1.82, 2.24) is 15.1 Å². The summed E-state index contributed by atoms with van der Waals surface area (Å²) in [6.07, 6.45) is 3.52. The summed E-state index contributed by atoms with van der Waals surface area (Å²) in [5, 5.41) is 16.4. The molecule has 0 bridgehead atoms. The fourth-order valence-electron chi connectivity index (χ4n) is 1.65. The van der Waals surface area contributed by atoms with Crippen molar-refractivity contribution in [3.63, 3.8) is 0 Å². The highest BCUT2D eigenvalue weighted by Crippen LogP contribution is 2.17. The molecule has 0 saturated carbocycles. The maximum Gasteiger partial charge on any atom is 0.255 e. The molecule has 2 N–H and O–H groups in total. The Morgan fingerprint density at radius 1 is 1.50 bits per heavy atom. The van der Waals surface area contributed by atoms with E-state index in [1.165, 1.54) is 0 Å². The molecule has 0 spiro atoms. The Hall–Kier alpha value is -2.30. The van der Waals surface area contributed by atoms with Crippen molar-refractivity contribution in [3.05, 3.63) is 47.8 Å². The number of aromatic nitrogens is 2. The first kappa shape index (κ1) is 12.2. The number of amides is 1. The number of aromatic hydroxyl groups is 1. The number of hydrogen-bond donors (Lipinski definition) is 2. The molecule has 0 saturated heterocycles. The van der Waals surface area contributed by atoms with Crippen LogP contribution in [0.4, 0.5) is 0 Å². The zero-order chi connectivity index (χ0) is 13.0. The molecule has 18 heavy (non-hydrogen) atoms. The van der Waals surface area contributed by atoms with Crippen LogP contribution >= 0.6 is 0 Å². The summed E-state index contributed by atoms with van der Waals surface area (Å²) in [6, 6.07) is 6.81. The SMILES string of the molecule is Cc1ccc(C(=O)NCCn2cccn2)c(O)c1. The number of carbonyl (C=O) groups is 1. The van der Waals surface area contributed by atoms with Gasteiger partial charge in [-0.1, -0.05) is 6.07 Å². The van der Waals surface area contributed by atoms with Crippen LogP contribution in [0.5, 0.6) is 5.75 Å². The fourth-order valence-corrected chi connectivity index (χ4v) is 1.65. The van der Waals surface area contributed by atoms with Gasteiger partial charge in [0.25, 0.3) is 5.91 Å². The van der Waals surface area contributed by atoms with Crippen molar-refractivity contribution >= 4 is 5.91 Å². The monoisotopic (exact) mass is 245 g/mol. The number of hydrogen-bond acceptors (Lipinski definition) is 3. The van der Waals surface area contributed by atoms with E-state index in [0.717, 1.165) is 5.56 Å². The molecule has 1 amide bonds. The van der Waals surface area contributed by atoms with Gasteiger partial charge in [-0.25, -0.2) is 0 Å². The summed E-state index contributed by atoms with van der Waals surface area (Å²) in [5.74, 6) is -0.272. The Kier molecular flexibility index (Phi) is 3.62. The minimum absolute atomic E-state index is 0.00610. The van der Waals surface area contributed by atoms with E-state index in [-0.39, 0.29) is 11.7 Å². The number of aryl methyl sites for hydroxylation is 1. The standard InChI is InChI=1S/C13H15N3O2/c1-10-3-4-11(12(17)9-10)13(18)14-6-8-16-7-2-5-15-16/h2-5,7,9,17H,6,8H2,1H3,(H,14,18). The topological polar surface area (TPSA) is 67.2 Å². The normalized spacial score (nSPS) is 10.3. The molecule has 5 nitrogen and oxygen atoms in total. The van der Waals surface area contributed by atoms with E-state index in [2.05, 4.69) is 10.4 Å². The Bertz CT molecular complexity index is 535. The number of rotatable bonds is 4. The van der Waals surface area contributed by atoms with Crippen LogP contribution in [0, 0.1) is 6.92 Å². The van der Waals surface area contributed by atoms with Crippen LogP contribution in [0.2, 0.25) is 0 Å². The first-order chi connectivity index (χ1) is 8.66. The average molecular weight is 245 g/mol. The van der Waals surface area contributed by atoms with Gasteiger partial charge in [0.05, 0.1) is 12.1 Å². The van der Waals surface area contributed by atoms with E-state index < -0.39 is 0 Å². The van der Waals surface area contributed by atoms with E-state index in [9.17, 15) is 9.90 Å². The van der Waals surface area contributed by atoms with Gasteiger partial charge in [0.15, 0.2) is 0 Å². The first-order valence-corrected chi connectivity index (χ1v) is 5.72. The summed E-state index contributed by atoms with van der Waals surface area (Å²) in [5.41, 5.74) is 1.21. The van der Waals surface area contributed by atoms with E-state index in [4.69, 9.17) is 0 Å². The molecule has 1 heterocycles. The van der Waals surface area contributed by atoms with Gasteiger partial charge in [0.2, 0.25) is 0 Å². The van der Waals surface area contributed by atoms with Crippen LogP contribution in [0.15, 0.2) is 36.7 Å². The molecule has 2 aromatic rings. The molecular weight excluding hydrogens is 230 g/mol. The summed E-state index contributed by atoms with van der Waals surface area (Å²) >= 11 is 0. The van der Waals surface area contributed by atoms with Crippen molar-refractivity contribution in [1.29, 1.82) is 0 Å². The fraction of sp³-hybridized carbons (Fsp3) is 0.231. The van der Waals surface area contributed by atoms with Gasteiger partial charge in [0.1, 0.15) is 5.75 Å². The number of phenols is 1. The molecule has 0 radical (unpaired) electrons. The molecule has 1 aromatic heterocycles. The summed E-state index contributed by atoms with van der Waals surface area (Å²) in [7, 11) is 0. The van der Waals surface area contributed by atoms with Gasteiger partial charge in [-0.2, -0.15) is 5.10 Å². The largest absolute Gasteiger partial charge is 0.507 e. The number of phenolic OH excluding ortho intramolecular Hbond substituents is 1. The Balaban J connectivity index is 1.91. The lowest BCUT2D eigenvalue weighted by Gasteiger charge is -2.07. The minimum atomic E-state index is -0.278. The van der Waals surface area contributed by atoms with Gasteiger partial charge < -0.3 is 10.4 Å². The Labute approximate surface area is 105 Å². The molecule has 5 heteroatoms. The van der Waals surface area contributed by atoms with E-state index in [1.54, 1.807) is 29.1 Å². The molecular formula is C13H15N3O2. The molecule has 0 fully saturated rings. The van der Waals surface area contributed by atoms with Crippen molar-refractivity contribution in [3.8, 4) is 5.75 Å². The quantitative estimate of drug-likeness (QED) is 0.853. The molecule has 1 aromatic carbocycles. The second kappa shape index (κ2) is 5.35. The third-order valence-electron chi connectivity index (χ3n) is 2.58. The van der Waals surface area contributed by atoms with Crippen LogP contribution < -0.4 is 5.32 Å². The number of nitrogens with zero attached hydrogens (tertiary/aromatic N) is 2. The van der Waals surface area contributed by atoms with Gasteiger partial charge in [0, 0.05) is 18.9 Å². The zero-order valence-corrected chi connectivity index (χ0v) is 10.1. The van der Waals surface area contributed by atoms with Crippen molar-refractivity contribution in [2.45, 2.75) is 13.5 Å². The van der Waals surface area contributed by atoms with Gasteiger partial charge in [-0.05, 0) is 30.7 Å². The molecule has 2 rings (SSSR count). The third kappa shape index (κ3) is 2.88. The lowest BCUT2D eigenvalue weighted by atomic mass is 10.1. The van der Waals surface area contributed by atoms with Gasteiger partial charge in [-0.3, -0.25) is 9.48 Å². The van der Waals surface area contributed by atoms with Crippen LogP contribution in [0.3, 0.4) is 0 Å². The van der Waals surface area contributed by atoms with Crippen LogP contribution in [-0.4, -0.2) is 27.3 Å². The van der Waals surface area contributed by atoms with Crippen molar-refractivity contribution < 1.29 is 9.90 Å². The zero-order valence-electron chi connectivity index (χ0n) is 10.1. The second-order valence-corrected chi connectivity index (χ2v) is 4.05. The molecule has 0 aliphatic rings. The molecule has 0 aliphatic heterocycles. The van der Waals surface area contributed by atoms with Gasteiger partial charge in [-0.15, -0.1) is 0 Å². The summed E-state index contributed by atoms with van der Waals surface area (Å²) in [4.78, 5) is 11.8. The first-order valence-electron chi connectivity index (χ1n) is 5.72. The van der Waals surface area contributed by atoms with E-state index in [1.807, 2.05) is 19.2 Å². The Morgan fingerprint density at radius 3 is 3.00 bits per heavy atom. The maximum atomic E-state index is 11.8. The molecule has 0 unspecified atom stereocenters. The lowest BCUT2D eigenvalue weighted by Crippen LogP contribution is -2.27. The maximum absolute atomic E-state index is 11.8. The lowest BCUT2D eigenvalue weighted by molar-refractivity contribution is 0.0949. The number of nitrogens with one attached hydrogen (secondary N) is 1. The van der Waals surface area contributed by atoms with Crippen molar-refractivity contribution in [2.75, 3.05) is 6.54 Å². The summed E-state index contributed by atoms with van der Waals surface area (Å²) in [6.45, 7) is 2.93. The molecule has 0 aliphatic carbocycles.